The van der Waals surface area contributed by atoms with Crippen LogP contribution in [-0.2, 0) is 16.0 Å². The van der Waals surface area contributed by atoms with Gasteiger partial charge in [0.25, 0.3) is 0 Å². The SMILES string of the molecule is O=C(O)c1cccc(CC2CCN(C(=O)CN3CCCCC3=O)C2)c1. The molecule has 0 aromatic heterocycles. The largest absolute Gasteiger partial charge is 0.478 e. The maximum absolute atomic E-state index is 12.5. The Morgan fingerprint density at radius 1 is 1.20 bits per heavy atom. The van der Waals surface area contributed by atoms with Crippen LogP contribution in [0.25, 0.3) is 0 Å². The van der Waals surface area contributed by atoms with E-state index < -0.39 is 5.97 Å². The molecule has 0 bridgehead atoms. The van der Waals surface area contributed by atoms with Gasteiger partial charge in [-0.2, -0.15) is 0 Å². The molecule has 0 saturated carbocycles. The van der Waals surface area contributed by atoms with Crippen LogP contribution < -0.4 is 0 Å². The lowest BCUT2D eigenvalue weighted by Crippen LogP contribution is -2.44. The van der Waals surface area contributed by atoms with Gasteiger partial charge < -0.3 is 14.9 Å². The van der Waals surface area contributed by atoms with E-state index in [-0.39, 0.29) is 18.4 Å². The van der Waals surface area contributed by atoms with E-state index in [1.807, 2.05) is 11.0 Å². The van der Waals surface area contributed by atoms with Gasteiger partial charge in [-0.3, -0.25) is 9.59 Å². The number of rotatable bonds is 5. The van der Waals surface area contributed by atoms with Crippen molar-refractivity contribution in [3.05, 3.63) is 35.4 Å². The Hall–Kier alpha value is -2.37. The van der Waals surface area contributed by atoms with Crippen LogP contribution in [-0.4, -0.2) is 58.9 Å². The minimum absolute atomic E-state index is 0.0250. The van der Waals surface area contributed by atoms with Crippen molar-refractivity contribution >= 4 is 17.8 Å². The summed E-state index contributed by atoms with van der Waals surface area (Å²) in [5.74, 6) is -0.473. The molecule has 1 aromatic carbocycles. The average Bonchev–Trinajstić information content (AvgIpc) is 3.06. The van der Waals surface area contributed by atoms with Crippen molar-refractivity contribution in [1.82, 2.24) is 9.80 Å². The van der Waals surface area contributed by atoms with Gasteiger partial charge in [-0.25, -0.2) is 4.79 Å². The van der Waals surface area contributed by atoms with E-state index in [4.69, 9.17) is 5.11 Å². The molecule has 1 aromatic rings. The molecule has 25 heavy (non-hydrogen) atoms. The highest BCUT2D eigenvalue weighted by molar-refractivity contribution is 5.87. The Kier molecular flexibility index (Phi) is 5.36. The monoisotopic (exact) mass is 344 g/mol. The third-order valence-corrected chi connectivity index (χ3v) is 5.08. The molecule has 6 heteroatoms. The quantitative estimate of drug-likeness (QED) is 0.883. The predicted octanol–water partition coefficient (Wildman–Crippen LogP) is 1.79. The molecular weight excluding hydrogens is 320 g/mol. The zero-order valence-corrected chi connectivity index (χ0v) is 14.3. The highest BCUT2D eigenvalue weighted by atomic mass is 16.4. The standard InChI is InChI=1S/C19H24N2O4/c22-17-6-1-2-8-20(17)13-18(23)21-9-7-15(12-21)10-14-4-3-5-16(11-14)19(24)25/h3-5,11,15H,1-2,6-10,12-13H2,(H,24,25). The molecule has 2 aliphatic heterocycles. The lowest BCUT2D eigenvalue weighted by Gasteiger charge is -2.28. The molecule has 0 spiro atoms. The number of carbonyl (C=O) groups excluding carboxylic acids is 2. The van der Waals surface area contributed by atoms with E-state index in [0.29, 0.717) is 37.5 Å². The number of likely N-dealkylation sites (tertiary alicyclic amines) is 2. The summed E-state index contributed by atoms with van der Waals surface area (Å²) in [6, 6.07) is 6.99. The van der Waals surface area contributed by atoms with Crippen molar-refractivity contribution in [1.29, 1.82) is 0 Å². The molecule has 2 amide bonds. The Balaban J connectivity index is 1.53. The molecule has 1 N–H and O–H groups in total. The molecule has 2 aliphatic rings. The van der Waals surface area contributed by atoms with Crippen molar-refractivity contribution in [3.8, 4) is 0 Å². The number of carboxylic acid groups (broad SMARTS) is 1. The zero-order chi connectivity index (χ0) is 17.8. The second kappa shape index (κ2) is 7.68. The summed E-state index contributed by atoms with van der Waals surface area (Å²) < 4.78 is 0. The molecule has 3 rings (SSSR count). The summed E-state index contributed by atoms with van der Waals surface area (Å²) >= 11 is 0. The van der Waals surface area contributed by atoms with Crippen molar-refractivity contribution in [2.45, 2.75) is 32.1 Å². The summed E-state index contributed by atoms with van der Waals surface area (Å²) in [7, 11) is 0. The highest BCUT2D eigenvalue weighted by Gasteiger charge is 2.29. The van der Waals surface area contributed by atoms with E-state index in [0.717, 1.165) is 31.2 Å². The third-order valence-electron chi connectivity index (χ3n) is 5.08. The van der Waals surface area contributed by atoms with Crippen LogP contribution in [0.2, 0.25) is 0 Å². The second-order valence-electron chi connectivity index (χ2n) is 6.98. The van der Waals surface area contributed by atoms with Gasteiger partial charge in [-0.05, 0) is 49.3 Å². The minimum atomic E-state index is -0.920. The minimum Gasteiger partial charge on any atom is -0.478 e. The van der Waals surface area contributed by atoms with E-state index in [1.165, 1.54) is 0 Å². The van der Waals surface area contributed by atoms with Gasteiger partial charge in [0.15, 0.2) is 0 Å². The first kappa shape index (κ1) is 17.5. The smallest absolute Gasteiger partial charge is 0.335 e. The van der Waals surface area contributed by atoms with Gasteiger partial charge >= 0.3 is 5.97 Å². The average molecular weight is 344 g/mol. The number of amides is 2. The number of piperidine rings is 1. The number of hydrogen-bond acceptors (Lipinski definition) is 3. The molecule has 2 saturated heterocycles. The maximum atomic E-state index is 12.5. The molecule has 1 unspecified atom stereocenters. The fraction of sp³-hybridized carbons (Fsp3) is 0.526. The summed E-state index contributed by atoms with van der Waals surface area (Å²) in [6.45, 7) is 2.27. The van der Waals surface area contributed by atoms with E-state index in [1.54, 1.807) is 23.1 Å². The van der Waals surface area contributed by atoms with Gasteiger partial charge in [0.2, 0.25) is 11.8 Å². The van der Waals surface area contributed by atoms with Crippen LogP contribution in [0.4, 0.5) is 0 Å². The van der Waals surface area contributed by atoms with Gasteiger partial charge in [0, 0.05) is 26.1 Å². The molecule has 6 nitrogen and oxygen atoms in total. The first-order valence-electron chi connectivity index (χ1n) is 8.90. The van der Waals surface area contributed by atoms with Crippen LogP contribution in [0, 0.1) is 5.92 Å². The molecular formula is C19H24N2O4. The Morgan fingerprint density at radius 2 is 2.04 bits per heavy atom. The van der Waals surface area contributed by atoms with E-state index in [9.17, 15) is 14.4 Å². The van der Waals surface area contributed by atoms with Crippen LogP contribution in [0.5, 0.6) is 0 Å². The lowest BCUT2D eigenvalue weighted by atomic mass is 9.97. The molecule has 0 radical (unpaired) electrons. The number of hydrogen-bond donors (Lipinski definition) is 1. The summed E-state index contributed by atoms with van der Waals surface area (Å²) in [5, 5.41) is 9.08. The fourth-order valence-electron chi connectivity index (χ4n) is 3.68. The Morgan fingerprint density at radius 3 is 2.80 bits per heavy atom. The van der Waals surface area contributed by atoms with Crippen molar-refractivity contribution in [3.63, 3.8) is 0 Å². The van der Waals surface area contributed by atoms with E-state index in [2.05, 4.69) is 0 Å². The second-order valence-corrected chi connectivity index (χ2v) is 6.98. The van der Waals surface area contributed by atoms with Gasteiger partial charge in [-0.15, -0.1) is 0 Å². The van der Waals surface area contributed by atoms with Crippen molar-refractivity contribution < 1.29 is 19.5 Å². The molecule has 0 aliphatic carbocycles. The van der Waals surface area contributed by atoms with Crippen molar-refractivity contribution in [2.24, 2.45) is 5.92 Å². The molecule has 1 atom stereocenters. The van der Waals surface area contributed by atoms with Gasteiger partial charge in [0.05, 0.1) is 12.1 Å². The van der Waals surface area contributed by atoms with Crippen LogP contribution in [0.1, 0.15) is 41.6 Å². The maximum Gasteiger partial charge on any atom is 0.335 e. The fourth-order valence-corrected chi connectivity index (χ4v) is 3.68. The summed E-state index contributed by atoms with van der Waals surface area (Å²) in [4.78, 5) is 38.9. The van der Waals surface area contributed by atoms with Crippen LogP contribution in [0.3, 0.4) is 0 Å². The Bertz CT molecular complexity index is 673. The van der Waals surface area contributed by atoms with Crippen molar-refractivity contribution in [2.75, 3.05) is 26.2 Å². The zero-order valence-electron chi connectivity index (χ0n) is 14.3. The van der Waals surface area contributed by atoms with Gasteiger partial charge in [-0.1, -0.05) is 12.1 Å². The normalized spacial score (nSPS) is 20.8. The van der Waals surface area contributed by atoms with Crippen LogP contribution >= 0.6 is 0 Å². The van der Waals surface area contributed by atoms with Crippen LogP contribution in [0.15, 0.2) is 24.3 Å². The molecule has 134 valence electrons. The third kappa shape index (κ3) is 4.38. The first-order valence-corrected chi connectivity index (χ1v) is 8.90. The number of carboxylic acids is 1. The number of nitrogens with zero attached hydrogens (tertiary/aromatic N) is 2. The number of benzene rings is 1. The molecule has 2 heterocycles. The summed E-state index contributed by atoms with van der Waals surface area (Å²) in [5.41, 5.74) is 1.29. The van der Waals surface area contributed by atoms with E-state index >= 15 is 0 Å². The molecule has 2 fully saturated rings. The predicted molar refractivity (Wildman–Crippen MR) is 92.2 cm³/mol. The number of aromatic carboxylic acids is 1. The first-order chi connectivity index (χ1) is 12.0. The highest BCUT2D eigenvalue weighted by Crippen LogP contribution is 2.22. The number of carbonyl (C=O) groups is 3. The topological polar surface area (TPSA) is 77.9 Å². The summed E-state index contributed by atoms with van der Waals surface area (Å²) in [6.07, 6.45) is 4.13. The Labute approximate surface area is 147 Å². The lowest BCUT2D eigenvalue weighted by molar-refractivity contribution is -0.141. The van der Waals surface area contributed by atoms with Gasteiger partial charge in [0.1, 0.15) is 0 Å².